The van der Waals surface area contributed by atoms with Crippen molar-refractivity contribution in [1.29, 1.82) is 0 Å². The molecule has 0 spiro atoms. The van der Waals surface area contributed by atoms with E-state index < -0.39 is 0 Å². The highest BCUT2D eigenvalue weighted by molar-refractivity contribution is 6.05. The molecule has 0 saturated carbocycles. The fourth-order valence-corrected chi connectivity index (χ4v) is 3.53. The molecule has 8 nitrogen and oxygen atoms in total. The van der Waals surface area contributed by atoms with Gasteiger partial charge in [-0.25, -0.2) is 0 Å². The van der Waals surface area contributed by atoms with E-state index >= 15 is 0 Å². The molecule has 4 rings (SSSR count). The SMILES string of the molecule is Cc1ccc(C(=O)NCCn2cnnc2)cc1NC(=O)c1ccc(C2CCOC2)cc1. The van der Waals surface area contributed by atoms with Crippen LogP contribution in [0.2, 0.25) is 0 Å². The Labute approximate surface area is 180 Å². The van der Waals surface area contributed by atoms with Gasteiger partial charge in [0.25, 0.3) is 11.8 Å². The summed E-state index contributed by atoms with van der Waals surface area (Å²) in [5.74, 6) is -0.00575. The number of nitrogens with zero attached hydrogens (tertiary/aromatic N) is 3. The molecule has 1 unspecified atom stereocenters. The lowest BCUT2D eigenvalue weighted by Crippen LogP contribution is -2.27. The highest BCUT2D eigenvalue weighted by atomic mass is 16.5. The molecular formula is C23H25N5O3. The van der Waals surface area contributed by atoms with Gasteiger partial charge in [-0.3, -0.25) is 9.59 Å². The van der Waals surface area contributed by atoms with E-state index in [0.717, 1.165) is 25.2 Å². The summed E-state index contributed by atoms with van der Waals surface area (Å²) in [6.45, 7) is 4.45. The Morgan fingerprint density at radius 1 is 1.06 bits per heavy atom. The Bertz CT molecular complexity index is 1040. The fraction of sp³-hybridized carbons (Fsp3) is 0.304. The molecule has 1 aliphatic rings. The first kappa shape index (κ1) is 20.7. The van der Waals surface area contributed by atoms with Crippen molar-refractivity contribution in [2.45, 2.75) is 25.8 Å². The van der Waals surface area contributed by atoms with Crippen LogP contribution in [0.1, 0.15) is 44.2 Å². The summed E-state index contributed by atoms with van der Waals surface area (Å²) >= 11 is 0. The minimum atomic E-state index is -0.206. The molecule has 2 amide bonds. The van der Waals surface area contributed by atoms with Crippen LogP contribution in [-0.2, 0) is 11.3 Å². The number of carbonyl (C=O) groups is 2. The summed E-state index contributed by atoms with van der Waals surface area (Å²) in [4.78, 5) is 25.2. The van der Waals surface area contributed by atoms with Crippen LogP contribution in [0.25, 0.3) is 0 Å². The molecular weight excluding hydrogens is 394 g/mol. The molecule has 1 fully saturated rings. The summed E-state index contributed by atoms with van der Waals surface area (Å²) in [6.07, 6.45) is 4.21. The number of benzene rings is 2. The number of carbonyl (C=O) groups excluding carboxylic acids is 2. The summed E-state index contributed by atoms with van der Waals surface area (Å²) in [6, 6.07) is 12.9. The van der Waals surface area contributed by atoms with E-state index in [2.05, 4.69) is 20.8 Å². The van der Waals surface area contributed by atoms with Crippen LogP contribution in [0.4, 0.5) is 5.69 Å². The minimum absolute atomic E-state index is 0.202. The average molecular weight is 419 g/mol. The predicted octanol–water partition coefficient (Wildman–Crippen LogP) is 2.77. The van der Waals surface area contributed by atoms with Crippen molar-refractivity contribution in [2.24, 2.45) is 0 Å². The van der Waals surface area contributed by atoms with Crippen LogP contribution in [0.15, 0.2) is 55.1 Å². The second-order valence-electron chi connectivity index (χ2n) is 7.62. The smallest absolute Gasteiger partial charge is 0.255 e. The topological polar surface area (TPSA) is 98.1 Å². The van der Waals surface area contributed by atoms with Gasteiger partial charge in [0.05, 0.1) is 6.61 Å². The van der Waals surface area contributed by atoms with Gasteiger partial charge in [-0.05, 0) is 48.7 Å². The van der Waals surface area contributed by atoms with Crippen LogP contribution in [-0.4, -0.2) is 46.3 Å². The van der Waals surface area contributed by atoms with Gasteiger partial charge in [0.1, 0.15) is 12.7 Å². The Kier molecular flexibility index (Phi) is 6.37. The van der Waals surface area contributed by atoms with Gasteiger partial charge < -0.3 is 19.9 Å². The van der Waals surface area contributed by atoms with Crippen molar-refractivity contribution in [3.8, 4) is 0 Å². The Balaban J connectivity index is 1.38. The standard InChI is InChI=1S/C23H25N5O3/c1-16-2-3-19(22(29)24-9-10-28-14-25-26-15-28)12-21(16)27-23(30)18-6-4-17(5-7-18)20-8-11-31-13-20/h2-7,12,14-15,20H,8-11,13H2,1H3,(H,24,29)(H,27,30). The number of hydrogen-bond acceptors (Lipinski definition) is 5. The van der Waals surface area contributed by atoms with Crippen molar-refractivity contribution in [2.75, 3.05) is 25.1 Å². The summed E-state index contributed by atoms with van der Waals surface area (Å²) in [5.41, 5.74) is 3.75. The quantitative estimate of drug-likeness (QED) is 0.614. The maximum Gasteiger partial charge on any atom is 0.255 e. The number of ether oxygens (including phenoxy) is 1. The third-order valence-corrected chi connectivity index (χ3v) is 5.44. The number of aromatic nitrogens is 3. The molecule has 1 saturated heterocycles. The molecule has 1 atom stereocenters. The molecule has 1 aromatic heterocycles. The number of anilines is 1. The first-order valence-corrected chi connectivity index (χ1v) is 10.3. The van der Waals surface area contributed by atoms with Gasteiger partial charge in [0.2, 0.25) is 0 Å². The lowest BCUT2D eigenvalue weighted by atomic mass is 9.97. The number of amides is 2. The molecule has 1 aliphatic heterocycles. The molecule has 8 heteroatoms. The first-order valence-electron chi connectivity index (χ1n) is 10.3. The van der Waals surface area contributed by atoms with Crippen LogP contribution in [0.5, 0.6) is 0 Å². The van der Waals surface area contributed by atoms with Crippen molar-refractivity contribution >= 4 is 17.5 Å². The average Bonchev–Trinajstić information content (AvgIpc) is 3.50. The third kappa shape index (κ3) is 5.16. The van der Waals surface area contributed by atoms with Gasteiger partial charge in [-0.2, -0.15) is 0 Å². The highest BCUT2D eigenvalue weighted by Gasteiger charge is 2.18. The first-order chi connectivity index (χ1) is 15.1. The van der Waals surface area contributed by atoms with Gasteiger partial charge in [-0.1, -0.05) is 18.2 Å². The van der Waals surface area contributed by atoms with E-state index in [4.69, 9.17) is 4.74 Å². The summed E-state index contributed by atoms with van der Waals surface area (Å²) in [7, 11) is 0. The van der Waals surface area contributed by atoms with E-state index in [1.807, 2.05) is 37.3 Å². The van der Waals surface area contributed by atoms with Crippen molar-refractivity contribution < 1.29 is 14.3 Å². The number of hydrogen-bond donors (Lipinski definition) is 2. The maximum absolute atomic E-state index is 12.7. The predicted molar refractivity (Wildman–Crippen MR) is 116 cm³/mol. The Hall–Kier alpha value is -3.52. The zero-order valence-corrected chi connectivity index (χ0v) is 17.4. The fourth-order valence-electron chi connectivity index (χ4n) is 3.53. The van der Waals surface area contributed by atoms with Crippen molar-refractivity contribution in [3.63, 3.8) is 0 Å². The molecule has 2 heterocycles. The minimum Gasteiger partial charge on any atom is -0.381 e. The number of nitrogens with one attached hydrogen (secondary N) is 2. The van der Waals surface area contributed by atoms with Gasteiger partial charge in [-0.15, -0.1) is 10.2 Å². The van der Waals surface area contributed by atoms with E-state index in [1.54, 1.807) is 29.4 Å². The molecule has 3 aromatic rings. The largest absolute Gasteiger partial charge is 0.381 e. The molecule has 31 heavy (non-hydrogen) atoms. The lowest BCUT2D eigenvalue weighted by Gasteiger charge is -2.12. The molecule has 0 aliphatic carbocycles. The molecule has 0 radical (unpaired) electrons. The van der Waals surface area contributed by atoms with Crippen molar-refractivity contribution in [1.82, 2.24) is 20.1 Å². The molecule has 0 bridgehead atoms. The monoisotopic (exact) mass is 419 g/mol. The molecule has 2 N–H and O–H groups in total. The van der Waals surface area contributed by atoms with Crippen LogP contribution in [0, 0.1) is 6.92 Å². The second-order valence-corrected chi connectivity index (χ2v) is 7.62. The van der Waals surface area contributed by atoms with E-state index in [0.29, 0.717) is 35.8 Å². The number of aryl methyl sites for hydroxylation is 1. The molecule has 2 aromatic carbocycles. The van der Waals surface area contributed by atoms with Gasteiger partial charge in [0, 0.05) is 42.4 Å². The van der Waals surface area contributed by atoms with E-state index in [1.165, 1.54) is 5.56 Å². The third-order valence-electron chi connectivity index (χ3n) is 5.44. The second kappa shape index (κ2) is 9.53. The van der Waals surface area contributed by atoms with Gasteiger partial charge in [0.15, 0.2) is 0 Å². The van der Waals surface area contributed by atoms with Gasteiger partial charge >= 0.3 is 0 Å². The van der Waals surface area contributed by atoms with E-state index in [9.17, 15) is 9.59 Å². The lowest BCUT2D eigenvalue weighted by molar-refractivity contribution is 0.0951. The zero-order valence-electron chi connectivity index (χ0n) is 17.4. The Morgan fingerprint density at radius 3 is 2.52 bits per heavy atom. The zero-order chi connectivity index (χ0) is 21.6. The summed E-state index contributed by atoms with van der Waals surface area (Å²) < 4.78 is 7.22. The van der Waals surface area contributed by atoms with Crippen LogP contribution >= 0.6 is 0 Å². The van der Waals surface area contributed by atoms with E-state index in [-0.39, 0.29) is 11.8 Å². The normalized spacial score (nSPS) is 15.6. The molecule has 160 valence electrons. The summed E-state index contributed by atoms with van der Waals surface area (Å²) in [5, 5.41) is 13.3. The Morgan fingerprint density at radius 2 is 1.81 bits per heavy atom. The highest BCUT2D eigenvalue weighted by Crippen LogP contribution is 2.25. The van der Waals surface area contributed by atoms with Crippen LogP contribution < -0.4 is 10.6 Å². The van der Waals surface area contributed by atoms with Crippen LogP contribution in [0.3, 0.4) is 0 Å². The maximum atomic E-state index is 12.7. The van der Waals surface area contributed by atoms with Crippen molar-refractivity contribution in [3.05, 3.63) is 77.4 Å². The number of rotatable bonds is 7.